The molecule has 0 aliphatic heterocycles. The lowest BCUT2D eigenvalue weighted by Gasteiger charge is -2.15. The lowest BCUT2D eigenvalue weighted by molar-refractivity contribution is 0.220. The van der Waals surface area contributed by atoms with Gasteiger partial charge in [-0.1, -0.05) is 22.0 Å². The molecule has 0 radical (unpaired) electrons. The van der Waals surface area contributed by atoms with E-state index in [1.807, 2.05) is 6.07 Å². The number of aliphatic hydroxyl groups is 1. The van der Waals surface area contributed by atoms with Crippen molar-refractivity contribution in [1.29, 1.82) is 0 Å². The Bertz CT molecular complexity index is 361. The molecule has 1 saturated carbocycles. The standard InChI is InChI=1S/C12H16BrNO/c1-9-2-3-10(13)6-11(9)14-7-12(8-15)4-5-12/h2-3,6,14-15H,4-5,7-8H2,1H3. The molecule has 0 unspecified atom stereocenters. The Morgan fingerprint density at radius 2 is 2.20 bits per heavy atom. The maximum atomic E-state index is 9.21. The molecule has 1 aromatic rings. The molecular formula is C12H16BrNO. The second-order valence-electron chi connectivity index (χ2n) is 4.47. The molecule has 0 bridgehead atoms. The van der Waals surface area contributed by atoms with Crippen molar-refractivity contribution in [1.82, 2.24) is 0 Å². The van der Waals surface area contributed by atoms with Crippen LogP contribution in [0.2, 0.25) is 0 Å². The fourth-order valence-corrected chi connectivity index (χ4v) is 2.00. The van der Waals surface area contributed by atoms with Gasteiger partial charge in [0.2, 0.25) is 0 Å². The summed E-state index contributed by atoms with van der Waals surface area (Å²) in [6.45, 7) is 3.27. The average molecular weight is 270 g/mol. The quantitative estimate of drug-likeness (QED) is 0.881. The number of anilines is 1. The van der Waals surface area contributed by atoms with E-state index in [0.717, 1.165) is 29.5 Å². The Morgan fingerprint density at radius 3 is 2.80 bits per heavy atom. The van der Waals surface area contributed by atoms with Crippen molar-refractivity contribution in [3.05, 3.63) is 28.2 Å². The summed E-state index contributed by atoms with van der Waals surface area (Å²) < 4.78 is 1.09. The van der Waals surface area contributed by atoms with Crippen LogP contribution in [0.25, 0.3) is 0 Å². The molecule has 0 spiro atoms. The van der Waals surface area contributed by atoms with Crippen molar-refractivity contribution in [3.63, 3.8) is 0 Å². The van der Waals surface area contributed by atoms with Gasteiger partial charge < -0.3 is 10.4 Å². The lowest BCUT2D eigenvalue weighted by Crippen LogP contribution is -2.19. The van der Waals surface area contributed by atoms with Crippen molar-refractivity contribution >= 4 is 21.6 Å². The van der Waals surface area contributed by atoms with Crippen LogP contribution in [0.15, 0.2) is 22.7 Å². The largest absolute Gasteiger partial charge is 0.396 e. The van der Waals surface area contributed by atoms with Gasteiger partial charge in [-0.15, -0.1) is 0 Å². The molecule has 2 nitrogen and oxygen atoms in total. The van der Waals surface area contributed by atoms with Gasteiger partial charge in [-0.25, -0.2) is 0 Å². The van der Waals surface area contributed by atoms with Crippen molar-refractivity contribution in [2.45, 2.75) is 19.8 Å². The molecule has 0 amide bonds. The van der Waals surface area contributed by atoms with E-state index in [2.05, 4.69) is 40.3 Å². The molecule has 2 N–H and O–H groups in total. The van der Waals surface area contributed by atoms with Crippen LogP contribution < -0.4 is 5.32 Å². The highest BCUT2D eigenvalue weighted by molar-refractivity contribution is 9.10. The van der Waals surface area contributed by atoms with E-state index in [0.29, 0.717) is 6.61 Å². The molecule has 0 saturated heterocycles. The molecule has 2 rings (SSSR count). The maximum Gasteiger partial charge on any atom is 0.0504 e. The van der Waals surface area contributed by atoms with E-state index in [1.54, 1.807) is 0 Å². The van der Waals surface area contributed by atoms with Crippen LogP contribution in [0, 0.1) is 12.3 Å². The van der Waals surface area contributed by atoms with Crippen molar-refractivity contribution < 1.29 is 5.11 Å². The van der Waals surface area contributed by atoms with Crippen LogP contribution in [0.4, 0.5) is 5.69 Å². The summed E-state index contributed by atoms with van der Waals surface area (Å²) in [4.78, 5) is 0. The zero-order chi connectivity index (χ0) is 10.9. The summed E-state index contributed by atoms with van der Waals surface area (Å²) in [5.41, 5.74) is 2.56. The van der Waals surface area contributed by atoms with E-state index >= 15 is 0 Å². The number of aryl methyl sites for hydroxylation is 1. The third-order valence-electron chi connectivity index (χ3n) is 3.15. The second-order valence-corrected chi connectivity index (χ2v) is 5.39. The van der Waals surface area contributed by atoms with Gasteiger partial charge in [-0.3, -0.25) is 0 Å². The SMILES string of the molecule is Cc1ccc(Br)cc1NCC1(CO)CC1. The minimum Gasteiger partial charge on any atom is -0.396 e. The first-order chi connectivity index (χ1) is 7.15. The minimum absolute atomic E-state index is 0.161. The monoisotopic (exact) mass is 269 g/mol. The smallest absolute Gasteiger partial charge is 0.0504 e. The number of benzene rings is 1. The highest BCUT2D eigenvalue weighted by atomic mass is 79.9. The van der Waals surface area contributed by atoms with E-state index < -0.39 is 0 Å². The fraction of sp³-hybridized carbons (Fsp3) is 0.500. The molecule has 15 heavy (non-hydrogen) atoms. The van der Waals surface area contributed by atoms with Gasteiger partial charge in [0.25, 0.3) is 0 Å². The number of hydrogen-bond donors (Lipinski definition) is 2. The van der Waals surface area contributed by atoms with Crippen LogP contribution >= 0.6 is 15.9 Å². The minimum atomic E-state index is 0.161. The molecular weight excluding hydrogens is 254 g/mol. The fourth-order valence-electron chi connectivity index (χ4n) is 1.63. The predicted molar refractivity (Wildman–Crippen MR) is 66.1 cm³/mol. The first-order valence-corrected chi connectivity index (χ1v) is 6.05. The van der Waals surface area contributed by atoms with Gasteiger partial charge in [0.1, 0.15) is 0 Å². The molecule has 3 heteroatoms. The summed E-state index contributed by atoms with van der Waals surface area (Å²) in [5.74, 6) is 0. The van der Waals surface area contributed by atoms with E-state index in [4.69, 9.17) is 0 Å². The Morgan fingerprint density at radius 1 is 1.47 bits per heavy atom. The third kappa shape index (κ3) is 2.52. The molecule has 82 valence electrons. The van der Waals surface area contributed by atoms with Crippen LogP contribution in [0.3, 0.4) is 0 Å². The first-order valence-electron chi connectivity index (χ1n) is 5.26. The van der Waals surface area contributed by atoms with Crippen molar-refractivity contribution in [2.24, 2.45) is 5.41 Å². The Kier molecular flexibility index (Phi) is 3.03. The first kappa shape index (κ1) is 11.0. The van der Waals surface area contributed by atoms with Gasteiger partial charge in [-0.05, 0) is 37.5 Å². The lowest BCUT2D eigenvalue weighted by atomic mass is 10.1. The summed E-state index contributed by atoms with van der Waals surface area (Å²) in [6, 6.07) is 6.22. The van der Waals surface area contributed by atoms with Crippen LogP contribution in [-0.2, 0) is 0 Å². The molecule has 1 aliphatic rings. The van der Waals surface area contributed by atoms with Gasteiger partial charge in [0.05, 0.1) is 6.61 Å². The second kappa shape index (κ2) is 4.14. The van der Waals surface area contributed by atoms with Crippen molar-refractivity contribution in [3.8, 4) is 0 Å². The molecule has 0 heterocycles. The van der Waals surface area contributed by atoms with Gasteiger partial charge in [0, 0.05) is 22.1 Å². The number of nitrogens with one attached hydrogen (secondary N) is 1. The Balaban J connectivity index is 2.01. The Hall–Kier alpha value is -0.540. The summed E-state index contributed by atoms with van der Waals surface area (Å²) >= 11 is 3.46. The molecule has 1 fully saturated rings. The zero-order valence-corrected chi connectivity index (χ0v) is 10.5. The third-order valence-corrected chi connectivity index (χ3v) is 3.64. The number of aliphatic hydroxyl groups excluding tert-OH is 1. The summed E-state index contributed by atoms with van der Waals surface area (Å²) in [7, 11) is 0. The Labute approximate surface area is 98.8 Å². The topological polar surface area (TPSA) is 32.3 Å². The van der Waals surface area contributed by atoms with Crippen LogP contribution in [0.5, 0.6) is 0 Å². The molecule has 1 aliphatic carbocycles. The van der Waals surface area contributed by atoms with Gasteiger partial charge in [0.15, 0.2) is 0 Å². The maximum absolute atomic E-state index is 9.21. The van der Waals surface area contributed by atoms with E-state index in [1.165, 1.54) is 5.56 Å². The molecule has 0 aromatic heterocycles. The highest BCUT2D eigenvalue weighted by Gasteiger charge is 2.41. The normalized spacial score (nSPS) is 17.5. The molecule has 1 aromatic carbocycles. The van der Waals surface area contributed by atoms with Crippen molar-refractivity contribution in [2.75, 3.05) is 18.5 Å². The molecule has 0 atom stereocenters. The van der Waals surface area contributed by atoms with Crippen LogP contribution in [0.1, 0.15) is 18.4 Å². The predicted octanol–water partition coefficient (Wildman–Crippen LogP) is 2.94. The average Bonchev–Trinajstić information content (AvgIpc) is 3.00. The van der Waals surface area contributed by atoms with Gasteiger partial charge >= 0.3 is 0 Å². The van der Waals surface area contributed by atoms with E-state index in [-0.39, 0.29) is 5.41 Å². The number of rotatable bonds is 4. The van der Waals surface area contributed by atoms with E-state index in [9.17, 15) is 5.11 Å². The summed E-state index contributed by atoms with van der Waals surface area (Å²) in [5, 5.41) is 12.6. The highest BCUT2D eigenvalue weighted by Crippen LogP contribution is 2.45. The number of hydrogen-bond acceptors (Lipinski definition) is 2. The summed E-state index contributed by atoms with van der Waals surface area (Å²) in [6.07, 6.45) is 2.28. The van der Waals surface area contributed by atoms with Crippen LogP contribution in [-0.4, -0.2) is 18.3 Å². The van der Waals surface area contributed by atoms with Gasteiger partial charge in [-0.2, -0.15) is 0 Å². The zero-order valence-electron chi connectivity index (χ0n) is 8.89. The number of halogens is 1.